The number of nitrogens with one attached hydrogen (secondary N) is 1. The SMILES string of the molecule is CS(=O)(=O)c1cccc(/C=C(\C=O)C(c2ccccc2)C2(O)CCNC(Cc3ccccc3)C2)c1. The monoisotopic (exact) mass is 489 g/mol. The zero-order chi connectivity index (χ0) is 24.9. The van der Waals surface area contributed by atoms with E-state index in [4.69, 9.17) is 0 Å². The van der Waals surface area contributed by atoms with E-state index in [-0.39, 0.29) is 10.9 Å². The van der Waals surface area contributed by atoms with Crippen LogP contribution in [0.15, 0.2) is 95.4 Å². The highest BCUT2D eigenvalue weighted by atomic mass is 32.2. The minimum atomic E-state index is -3.39. The molecule has 0 aromatic heterocycles. The highest BCUT2D eigenvalue weighted by Gasteiger charge is 2.43. The van der Waals surface area contributed by atoms with Gasteiger partial charge in [0.05, 0.1) is 10.5 Å². The Labute approximate surface area is 207 Å². The maximum atomic E-state index is 12.5. The van der Waals surface area contributed by atoms with Gasteiger partial charge in [-0.25, -0.2) is 8.42 Å². The van der Waals surface area contributed by atoms with Crippen LogP contribution in [0.2, 0.25) is 0 Å². The molecule has 1 aliphatic rings. The molecule has 0 bridgehead atoms. The average molecular weight is 490 g/mol. The first-order valence-corrected chi connectivity index (χ1v) is 13.7. The number of sulfone groups is 1. The summed E-state index contributed by atoms with van der Waals surface area (Å²) in [6, 6.07) is 26.3. The van der Waals surface area contributed by atoms with Crippen molar-refractivity contribution in [3.05, 3.63) is 107 Å². The number of hydrogen-bond acceptors (Lipinski definition) is 5. The Hall–Kier alpha value is -3.06. The van der Waals surface area contributed by atoms with Crippen LogP contribution >= 0.6 is 0 Å². The van der Waals surface area contributed by atoms with Gasteiger partial charge in [0.2, 0.25) is 0 Å². The number of aldehydes is 1. The van der Waals surface area contributed by atoms with Crippen molar-refractivity contribution in [2.24, 2.45) is 0 Å². The third-order valence-corrected chi connectivity index (χ3v) is 7.79. The van der Waals surface area contributed by atoms with Crippen molar-refractivity contribution in [2.75, 3.05) is 12.8 Å². The summed E-state index contributed by atoms with van der Waals surface area (Å²) >= 11 is 0. The van der Waals surface area contributed by atoms with Gasteiger partial charge in [-0.05, 0) is 60.7 Å². The Balaban J connectivity index is 1.73. The first-order chi connectivity index (χ1) is 16.8. The lowest BCUT2D eigenvalue weighted by atomic mass is 9.70. The highest BCUT2D eigenvalue weighted by molar-refractivity contribution is 7.90. The molecule has 1 fully saturated rings. The summed E-state index contributed by atoms with van der Waals surface area (Å²) in [5, 5.41) is 15.6. The number of hydrogen-bond donors (Lipinski definition) is 2. The maximum absolute atomic E-state index is 12.5. The van der Waals surface area contributed by atoms with E-state index < -0.39 is 21.4 Å². The Kier molecular flexibility index (Phi) is 7.65. The van der Waals surface area contributed by atoms with E-state index in [1.54, 1.807) is 24.3 Å². The van der Waals surface area contributed by atoms with Gasteiger partial charge in [-0.15, -0.1) is 0 Å². The summed E-state index contributed by atoms with van der Waals surface area (Å²) in [5.41, 5.74) is 1.93. The molecule has 5 nitrogen and oxygen atoms in total. The molecule has 3 aromatic carbocycles. The standard InChI is InChI=1S/C29H31NO4S/c1-35(33,34)27-14-8-11-23(19-27)17-25(21-31)28(24-12-6-3-7-13-24)29(32)15-16-30-26(20-29)18-22-9-4-2-5-10-22/h2-14,17,19,21,26,28,30,32H,15-16,18,20H2,1H3/b25-17+. The highest BCUT2D eigenvalue weighted by Crippen LogP contribution is 2.42. The number of carbonyl (C=O) groups excluding carboxylic acids is 1. The van der Waals surface area contributed by atoms with Gasteiger partial charge in [0.15, 0.2) is 9.84 Å². The van der Waals surface area contributed by atoms with Crippen molar-refractivity contribution in [3.8, 4) is 0 Å². The summed E-state index contributed by atoms with van der Waals surface area (Å²) in [6.45, 7) is 0.632. The fraction of sp³-hybridized carbons (Fsp3) is 0.276. The third kappa shape index (κ3) is 6.14. The van der Waals surface area contributed by atoms with Crippen molar-refractivity contribution in [1.29, 1.82) is 0 Å². The van der Waals surface area contributed by atoms with E-state index in [0.29, 0.717) is 30.5 Å². The van der Waals surface area contributed by atoms with Gasteiger partial charge in [-0.2, -0.15) is 0 Å². The van der Waals surface area contributed by atoms with E-state index in [1.165, 1.54) is 11.6 Å². The lowest BCUT2D eigenvalue weighted by molar-refractivity contribution is -0.106. The van der Waals surface area contributed by atoms with Gasteiger partial charge in [0.1, 0.15) is 6.29 Å². The molecule has 3 unspecified atom stereocenters. The van der Waals surface area contributed by atoms with Crippen LogP contribution in [-0.2, 0) is 21.1 Å². The second kappa shape index (κ2) is 10.7. The van der Waals surface area contributed by atoms with Crippen LogP contribution in [0.4, 0.5) is 0 Å². The normalized spacial score (nSPS) is 21.9. The van der Waals surface area contributed by atoms with Crippen molar-refractivity contribution < 1.29 is 18.3 Å². The van der Waals surface area contributed by atoms with Crippen LogP contribution < -0.4 is 5.32 Å². The first-order valence-electron chi connectivity index (χ1n) is 11.8. The molecule has 3 atom stereocenters. The van der Waals surface area contributed by atoms with Crippen LogP contribution in [0.25, 0.3) is 6.08 Å². The van der Waals surface area contributed by atoms with Gasteiger partial charge in [-0.3, -0.25) is 4.79 Å². The van der Waals surface area contributed by atoms with Crippen LogP contribution in [0.1, 0.15) is 35.4 Å². The largest absolute Gasteiger partial charge is 0.389 e. The molecule has 0 amide bonds. The Morgan fingerprint density at radius 2 is 1.74 bits per heavy atom. The van der Waals surface area contributed by atoms with E-state index in [9.17, 15) is 18.3 Å². The predicted molar refractivity (Wildman–Crippen MR) is 139 cm³/mol. The van der Waals surface area contributed by atoms with Crippen molar-refractivity contribution in [3.63, 3.8) is 0 Å². The number of rotatable bonds is 8. The van der Waals surface area contributed by atoms with Crippen LogP contribution in [0.5, 0.6) is 0 Å². The lowest BCUT2D eigenvalue weighted by Gasteiger charge is -2.43. The molecule has 2 N–H and O–H groups in total. The van der Waals surface area contributed by atoms with Crippen molar-refractivity contribution >= 4 is 22.2 Å². The first kappa shape index (κ1) is 25.0. The molecular formula is C29H31NO4S. The molecule has 0 aliphatic carbocycles. The van der Waals surface area contributed by atoms with E-state index in [2.05, 4.69) is 17.4 Å². The Morgan fingerprint density at radius 3 is 2.40 bits per heavy atom. The van der Waals surface area contributed by atoms with Gasteiger partial charge < -0.3 is 10.4 Å². The smallest absolute Gasteiger partial charge is 0.175 e. The fourth-order valence-corrected chi connectivity index (χ4v) is 5.75. The molecule has 182 valence electrons. The second-order valence-electron chi connectivity index (χ2n) is 9.35. The number of piperidine rings is 1. The maximum Gasteiger partial charge on any atom is 0.175 e. The van der Waals surface area contributed by atoms with Gasteiger partial charge in [0.25, 0.3) is 0 Å². The Bertz CT molecular complexity index is 1290. The number of carbonyl (C=O) groups is 1. The van der Waals surface area contributed by atoms with Crippen molar-refractivity contribution in [2.45, 2.75) is 41.7 Å². The molecule has 1 saturated heterocycles. The summed E-state index contributed by atoms with van der Waals surface area (Å²) in [7, 11) is -3.39. The predicted octanol–water partition coefficient (Wildman–Crippen LogP) is 4.18. The van der Waals surface area contributed by atoms with Crippen LogP contribution in [-0.4, -0.2) is 44.3 Å². The van der Waals surface area contributed by atoms with Crippen LogP contribution in [0, 0.1) is 0 Å². The van der Waals surface area contributed by atoms with Crippen LogP contribution in [0.3, 0.4) is 0 Å². The third-order valence-electron chi connectivity index (χ3n) is 6.67. The quantitative estimate of drug-likeness (QED) is 0.366. The molecule has 1 heterocycles. The zero-order valence-corrected chi connectivity index (χ0v) is 20.6. The van der Waals surface area contributed by atoms with E-state index in [0.717, 1.165) is 24.5 Å². The van der Waals surface area contributed by atoms with Gasteiger partial charge in [0, 0.05) is 23.8 Å². The molecule has 0 saturated carbocycles. The van der Waals surface area contributed by atoms with Crippen molar-refractivity contribution in [1.82, 2.24) is 5.32 Å². The van der Waals surface area contributed by atoms with E-state index >= 15 is 0 Å². The topological polar surface area (TPSA) is 83.5 Å². The molecule has 35 heavy (non-hydrogen) atoms. The summed E-state index contributed by atoms with van der Waals surface area (Å²) in [4.78, 5) is 12.6. The zero-order valence-electron chi connectivity index (χ0n) is 19.8. The molecular weight excluding hydrogens is 458 g/mol. The van der Waals surface area contributed by atoms with Gasteiger partial charge >= 0.3 is 0 Å². The molecule has 4 rings (SSSR count). The summed E-state index contributed by atoms with van der Waals surface area (Å²) < 4.78 is 24.1. The number of benzene rings is 3. The molecule has 1 aliphatic heterocycles. The summed E-state index contributed by atoms with van der Waals surface area (Å²) in [5.74, 6) is -0.552. The number of aliphatic hydroxyl groups is 1. The minimum absolute atomic E-state index is 0.0591. The lowest BCUT2D eigenvalue weighted by Crippen LogP contribution is -2.52. The van der Waals surface area contributed by atoms with Gasteiger partial charge in [-0.1, -0.05) is 72.8 Å². The van der Waals surface area contributed by atoms with E-state index in [1.807, 2.05) is 48.5 Å². The molecule has 3 aromatic rings. The molecule has 0 radical (unpaired) electrons. The second-order valence-corrected chi connectivity index (χ2v) is 11.4. The average Bonchev–Trinajstić information content (AvgIpc) is 2.84. The fourth-order valence-electron chi connectivity index (χ4n) is 5.07. The molecule has 0 spiro atoms. The minimum Gasteiger partial charge on any atom is -0.389 e. The molecule has 6 heteroatoms. The summed E-state index contributed by atoms with van der Waals surface area (Å²) in [6.07, 6.45) is 5.40. The Morgan fingerprint density at radius 1 is 1.06 bits per heavy atom.